The fourth-order valence-electron chi connectivity index (χ4n) is 3.69. The third kappa shape index (κ3) is 3.94. The summed E-state index contributed by atoms with van der Waals surface area (Å²) in [4.78, 5) is 30.4. The molecular formula is C19H26FN3O2. The highest BCUT2D eigenvalue weighted by molar-refractivity contribution is 5.89. The van der Waals surface area contributed by atoms with Gasteiger partial charge in [-0.25, -0.2) is 4.39 Å². The van der Waals surface area contributed by atoms with Crippen molar-refractivity contribution >= 4 is 17.5 Å². The van der Waals surface area contributed by atoms with E-state index in [0.717, 1.165) is 0 Å². The van der Waals surface area contributed by atoms with Gasteiger partial charge in [0, 0.05) is 45.7 Å². The zero-order valence-corrected chi connectivity index (χ0v) is 14.9. The van der Waals surface area contributed by atoms with E-state index in [1.165, 1.54) is 6.07 Å². The summed E-state index contributed by atoms with van der Waals surface area (Å²) in [7, 11) is 0. The zero-order chi connectivity index (χ0) is 18.0. The van der Waals surface area contributed by atoms with Crippen molar-refractivity contribution in [3.63, 3.8) is 0 Å². The van der Waals surface area contributed by atoms with Crippen molar-refractivity contribution < 1.29 is 14.0 Å². The Morgan fingerprint density at radius 3 is 2.52 bits per heavy atom. The van der Waals surface area contributed by atoms with Crippen LogP contribution in [0.5, 0.6) is 0 Å². The number of anilines is 1. The predicted octanol–water partition coefficient (Wildman–Crippen LogP) is 1.98. The first kappa shape index (κ1) is 17.7. The number of piperazine rings is 1. The van der Waals surface area contributed by atoms with Gasteiger partial charge >= 0.3 is 0 Å². The molecular weight excluding hydrogens is 321 g/mol. The van der Waals surface area contributed by atoms with E-state index in [-0.39, 0.29) is 23.5 Å². The number of benzene rings is 1. The second kappa shape index (κ2) is 7.42. The molecule has 2 saturated heterocycles. The standard InChI is InChI=1S/C19H26FN3O2/c1-14(2)12-23-13-15(11-18(23)24)19(25)22-9-7-21(8-10-22)17-6-4-3-5-16(17)20/h3-6,14-15H,7-13H2,1-2H3/t15-/m0/s1. The van der Waals surface area contributed by atoms with Crippen molar-refractivity contribution in [2.75, 3.05) is 44.2 Å². The normalized spacial score (nSPS) is 21.4. The zero-order valence-electron chi connectivity index (χ0n) is 14.9. The largest absolute Gasteiger partial charge is 0.366 e. The van der Waals surface area contributed by atoms with Crippen molar-refractivity contribution in [3.8, 4) is 0 Å². The minimum atomic E-state index is -0.230. The lowest BCUT2D eigenvalue weighted by Gasteiger charge is -2.37. The third-order valence-corrected chi connectivity index (χ3v) is 4.93. The number of rotatable bonds is 4. The molecule has 0 saturated carbocycles. The third-order valence-electron chi connectivity index (χ3n) is 4.93. The predicted molar refractivity (Wildman–Crippen MR) is 94.7 cm³/mol. The van der Waals surface area contributed by atoms with Crippen LogP contribution < -0.4 is 4.90 Å². The number of para-hydroxylation sites is 1. The Kier molecular flexibility index (Phi) is 5.25. The van der Waals surface area contributed by atoms with Crippen LogP contribution in [0.15, 0.2) is 24.3 Å². The minimum absolute atomic E-state index is 0.0628. The number of carbonyl (C=O) groups is 2. The number of halogens is 1. The van der Waals surface area contributed by atoms with E-state index in [0.29, 0.717) is 57.3 Å². The molecule has 2 aliphatic rings. The van der Waals surface area contributed by atoms with E-state index in [2.05, 4.69) is 13.8 Å². The van der Waals surface area contributed by atoms with Crippen molar-refractivity contribution in [2.45, 2.75) is 20.3 Å². The first-order valence-electron chi connectivity index (χ1n) is 9.01. The van der Waals surface area contributed by atoms with Crippen LogP contribution in [0.3, 0.4) is 0 Å². The number of likely N-dealkylation sites (tertiary alicyclic amines) is 1. The van der Waals surface area contributed by atoms with Gasteiger partial charge < -0.3 is 14.7 Å². The lowest BCUT2D eigenvalue weighted by Crippen LogP contribution is -2.51. The molecule has 0 N–H and O–H groups in total. The molecule has 2 heterocycles. The Morgan fingerprint density at radius 2 is 1.88 bits per heavy atom. The molecule has 1 aromatic carbocycles. The summed E-state index contributed by atoms with van der Waals surface area (Å²) in [6.07, 6.45) is 0.319. The quantitative estimate of drug-likeness (QED) is 0.837. The van der Waals surface area contributed by atoms with Crippen LogP contribution in [0.2, 0.25) is 0 Å². The van der Waals surface area contributed by atoms with Gasteiger partial charge in [0.15, 0.2) is 0 Å². The molecule has 0 unspecified atom stereocenters. The van der Waals surface area contributed by atoms with Crippen LogP contribution in [0.4, 0.5) is 10.1 Å². The SMILES string of the molecule is CC(C)CN1C[C@@H](C(=O)N2CCN(c3ccccc3F)CC2)CC1=O. The fourth-order valence-corrected chi connectivity index (χ4v) is 3.69. The lowest BCUT2D eigenvalue weighted by molar-refractivity contribution is -0.136. The highest BCUT2D eigenvalue weighted by Gasteiger charge is 2.37. The Hall–Kier alpha value is -2.11. The van der Waals surface area contributed by atoms with Gasteiger partial charge in [-0.1, -0.05) is 26.0 Å². The molecule has 2 fully saturated rings. The summed E-state index contributed by atoms with van der Waals surface area (Å²) in [5.74, 6) is 0.0891. The van der Waals surface area contributed by atoms with Gasteiger partial charge in [0.25, 0.3) is 0 Å². The highest BCUT2D eigenvalue weighted by atomic mass is 19.1. The van der Waals surface area contributed by atoms with E-state index in [4.69, 9.17) is 0 Å². The Bertz CT molecular complexity index is 641. The molecule has 0 radical (unpaired) electrons. The van der Waals surface area contributed by atoms with Crippen LogP contribution in [0.1, 0.15) is 20.3 Å². The number of carbonyl (C=O) groups excluding carboxylic acids is 2. The maximum absolute atomic E-state index is 13.9. The van der Waals surface area contributed by atoms with Gasteiger partial charge in [-0.3, -0.25) is 9.59 Å². The topological polar surface area (TPSA) is 43.9 Å². The molecule has 2 aliphatic heterocycles. The van der Waals surface area contributed by atoms with Gasteiger partial charge in [-0.05, 0) is 18.1 Å². The lowest BCUT2D eigenvalue weighted by atomic mass is 10.1. The van der Waals surface area contributed by atoms with E-state index in [1.54, 1.807) is 12.1 Å². The molecule has 136 valence electrons. The molecule has 0 bridgehead atoms. The van der Waals surface area contributed by atoms with Crippen LogP contribution in [0, 0.1) is 17.7 Å². The first-order valence-corrected chi connectivity index (χ1v) is 9.01. The monoisotopic (exact) mass is 347 g/mol. The van der Waals surface area contributed by atoms with Gasteiger partial charge in [-0.2, -0.15) is 0 Å². The smallest absolute Gasteiger partial charge is 0.228 e. The van der Waals surface area contributed by atoms with E-state index >= 15 is 0 Å². The summed E-state index contributed by atoms with van der Waals surface area (Å²) in [6.45, 7) is 7.76. The Labute approximate surface area is 148 Å². The minimum Gasteiger partial charge on any atom is -0.366 e. The molecule has 0 aromatic heterocycles. The van der Waals surface area contributed by atoms with Gasteiger partial charge in [0.2, 0.25) is 11.8 Å². The summed E-state index contributed by atoms with van der Waals surface area (Å²) in [6, 6.07) is 6.73. The second-order valence-corrected chi connectivity index (χ2v) is 7.36. The number of hydrogen-bond acceptors (Lipinski definition) is 3. The maximum Gasteiger partial charge on any atom is 0.228 e. The maximum atomic E-state index is 13.9. The molecule has 0 aliphatic carbocycles. The summed E-state index contributed by atoms with van der Waals surface area (Å²) < 4.78 is 13.9. The van der Waals surface area contributed by atoms with E-state index in [1.807, 2.05) is 20.8 Å². The second-order valence-electron chi connectivity index (χ2n) is 7.36. The van der Waals surface area contributed by atoms with Gasteiger partial charge in [0.05, 0.1) is 11.6 Å². The molecule has 6 heteroatoms. The summed E-state index contributed by atoms with van der Waals surface area (Å²) in [5, 5.41) is 0. The van der Waals surface area contributed by atoms with Crippen LogP contribution in [-0.4, -0.2) is 60.9 Å². The summed E-state index contributed by atoms with van der Waals surface area (Å²) >= 11 is 0. The van der Waals surface area contributed by atoms with Crippen LogP contribution in [-0.2, 0) is 9.59 Å². The highest BCUT2D eigenvalue weighted by Crippen LogP contribution is 2.24. The molecule has 1 aromatic rings. The average molecular weight is 347 g/mol. The Morgan fingerprint density at radius 1 is 1.20 bits per heavy atom. The Balaban J connectivity index is 1.55. The fraction of sp³-hybridized carbons (Fsp3) is 0.579. The van der Waals surface area contributed by atoms with Crippen LogP contribution in [0.25, 0.3) is 0 Å². The number of amides is 2. The van der Waals surface area contributed by atoms with E-state index in [9.17, 15) is 14.0 Å². The van der Waals surface area contributed by atoms with Crippen LogP contribution >= 0.6 is 0 Å². The van der Waals surface area contributed by atoms with Gasteiger partial charge in [0.1, 0.15) is 5.82 Å². The van der Waals surface area contributed by atoms with Crippen molar-refractivity contribution in [1.29, 1.82) is 0 Å². The molecule has 25 heavy (non-hydrogen) atoms. The molecule has 5 nitrogen and oxygen atoms in total. The first-order chi connectivity index (χ1) is 12.0. The molecule has 0 spiro atoms. The molecule has 2 amide bonds. The number of hydrogen-bond donors (Lipinski definition) is 0. The average Bonchev–Trinajstić information content (AvgIpc) is 2.95. The van der Waals surface area contributed by atoms with Crippen molar-refractivity contribution in [1.82, 2.24) is 9.80 Å². The van der Waals surface area contributed by atoms with Gasteiger partial charge in [-0.15, -0.1) is 0 Å². The van der Waals surface area contributed by atoms with Crippen molar-refractivity contribution in [3.05, 3.63) is 30.1 Å². The summed E-state index contributed by atoms with van der Waals surface area (Å²) in [5.41, 5.74) is 0.591. The van der Waals surface area contributed by atoms with E-state index < -0.39 is 0 Å². The molecule has 3 rings (SSSR count). The van der Waals surface area contributed by atoms with Crippen molar-refractivity contribution in [2.24, 2.45) is 11.8 Å². The number of nitrogens with zero attached hydrogens (tertiary/aromatic N) is 3. The molecule has 1 atom stereocenters.